The van der Waals surface area contributed by atoms with E-state index in [4.69, 9.17) is 9.52 Å². The number of carboxylic acids is 1. The van der Waals surface area contributed by atoms with Crippen LogP contribution in [0.25, 0.3) is 0 Å². The van der Waals surface area contributed by atoms with Crippen LogP contribution in [0.15, 0.2) is 22.7 Å². The van der Waals surface area contributed by atoms with E-state index in [9.17, 15) is 4.79 Å². The standard InChI is InChI=1S/C12H14N2O3S/c1-8-5-14-11(17-8)7-13-6-10-3-2-9(18-10)4-12(15)16/h2-3,5,13H,4,6-7H2,1H3,(H,15,16). The highest BCUT2D eigenvalue weighted by Gasteiger charge is 2.05. The zero-order valence-electron chi connectivity index (χ0n) is 9.97. The second-order valence-corrected chi connectivity index (χ2v) is 5.16. The van der Waals surface area contributed by atoms with Gasteiger partial charge in [0.05, 0.1) is 19.2 Å². The first-order valence-corrected chi connectivity index (χ1v) is 6.36. The van der Waals surface area contributed by atoms with E-state index in [0.717, 1.165) is 15.5 Å². The van der Waals surface area contributed by atoms with E-state index in [0.29, 0.717) is 19.0 Å². The predicted molar refractivity (Wildman–Crippen MR) is 67.4 cm³/mol. The number of hydrogen-bond acceptors (Lipinski definition) is 5. The van der Waals surface area contributed by atoms with Gasteiger partial charge in [-0.3, -0.25) is 4.79 Å². The van der Waals surface area contributed by atoms with E-state index in [1.54, 1.807) is 6.20 Å². The van der Waals surface area contributed by atoms with Gasteiger partial charge in [0.2, 0.25) is 5.89 Å². The van der Waals surface area contributed by atoms with Gasteiger partial charge in [0.15, 0.2) is 0 Å². The van der Waals surface area contributed by atoms with Crippen LogP contribution in [0.3, 0.4) is 0 Å². The maximum atomic E-state index is 10.5. The van der Waals surface area contributed by atoms with Gasteiger partial charge in [-0.05, 0) is 19.1 Å². The van der Waals surface area contributed by atoms with Crippen molar-refractivity contribution in [2.75, 3.05) is 0 Å². The number of rotatable bonds is 6. The number of aromatic nitrogens is 1. The summed E-state index contributed by atoms with van der Waals surface area (Å²) in [5.74, 6) is 0.660. The lowest BCUT2D eigenvalue weighted by molar-refractivity contribution is -0.136. The first kappa shape index (κ1) is 12.8. The van der Waals surface area contributed by atoms with Crippen molar-refractivity contribution in [3.05, 3.63) is 39.7 Å². The first-order chi connectivity index (χ1) is 8.63. The van der Waals surface area contributed by atoms with E-state index in [-0.39, 0.29) is 6.42 Å². The Labute approximate surface area is 108 Å². The van der Waals surface area contributed by atoms with Gasteiger partial charge in [-0.25, -0.2) is 4.98 Å². The summed E-state index contributed by atoms with van der Waals surface area (Å²) in [5.41, 5.74) is 0. The molecule has 0 saturated heterocycles. The highest BCUT2D eigenvalue weighted by molar-refractivity contribution is 7.12. The highest BCUT2D eigenvalue weighted by atomic mass is 32.1. The van der Waals surface area contributed by atoms with Crippen LogP contribution < -0.4 is 5.32 Å². The number of nitrogens with zero attached hydrogens (tertiary/aromatic N) is 1. The number of carbonyl (C=O) groups is 1. The third kappa shape index (κ3) is 3.68. The highest BCUT2D eigenvalue weighted by Crippen LogP contribution is 2.17. The van der Waals surface area contributed by atoms with Crippen LogP contribution in [-0.2, 0) is 24.3 Å². The average Bonchev–Trinajstić information content (AvgIpc) is 2.88. The van der Waals surface area contributed by atoms with Crippen molar-refractivity contribution < 1.29 is 14.3 Å². The van der Waals surface area contributed by atoms with Crippen LogP contribution >= 0.6 is 11.3 Å². The molecule has 0 unspecified atom stereocenters. The third-order valence-corrected chi connectivity index (χ3v) is 3.37. The SMILES string of the molecule is Cc1cnc(CNCc2ccc(CC(=O)O)s2)o1. The first-order valence-electron chi connectivity index (χ1n) is 5.55. The lowest BCUT2D eigenvalue weighted by Crippen LogP contribution is -2.11. The Morgan fingerprint density at radius 3 is 2.89 bits per heavy atom. The number of aliphatic carboxylic acids is 1. The minimum Gasteiger partial charge on any atom is -0.481 e. The summed E-state index contributed by atoms with van der Waals surface area (Å²) in [5, 5.41) is 11.9. The molecule has 0 aliphatic carbocycles. The summed E-state index contributed by atoms with van der Waals surface area (Å²) in [4.78, 5) is 16.6. The van der Waals surface area contributed by atoms with Gasteiger partial charge in [-0.2, -0.15) is 0 Å². The van der Waals surface area contributed by atoms with Gasteiger partial charge in [0, 0.05) is 16.3 Å². The Hall–Kier alpha value is -1.66. The molecule has 0 saturated carbocycles. The summed E-state index contributed by atoms with van der Waals surface area (Å²) < 4.78 is 5.33. The van der Waals surface area contributed by atoms with Crippen LogP contribution in [-0.4, -0.2) is 16.1 Å². The molecule has 0 radical (unpaired) electrons. The van der Waals surface area contributed by atoms with Crippen molar-refractivity contribution >= 4 is 17.3 Å². The molecule has 2 rings (SSSR count). The summed E-state index contributed by atoms with van der Waals surface area (Å²) in [6.07, 6.45) is 1.77. The smallest absolute Gasteiger partial charge is 0.308 e. The Morgan fingerprint density at radius 2 is 2.22 bits per heavy atom. The molecule has 0 fully saturated rings. The molecular formula is C12H14N2O3S. The minimum atomic E-state index is -0.799. The van der Waals surface area contributed by atoms with Crippen molar-refractivity contribution in [1.82, 2.24) is 10.3 Å². The largest absolute Gasteiger partial charge is 0.481 e. The fourth-order valence-electron chi connectivity index (χ4n) is 1.54. The quantitative estimate of drug-likeness (QED) is 0.836. The molecule has 2 heterocycles. The fourth-order valence-corrected chi connectivity index (χ4v) is 2.52. The molecule has 0 aliphatic heterocycles. The Kier molecular flexibility index (Phi) is 4.11. The fraction of sp³-hybridized carbons (Fsp3) is 0.333. The van der Waals surface area contributed by atoms with Crippen molar-refractivity contribution in [1.29, 1.82) is 0 Å². The number of oxazole rings is 1. The topological polar surface area (TPSA) is 75.4 Å². The molecule has 18 heavy (non-hydrogen) atoms. The van der Waals surface area contributed by atoms with E-state index >= 15 is 0 Å². The summed E-state index contributed by atoms with van der Waals surface area (Å²) in [6.45, 7) is 3.11. The van der Waals surface area contributed by atoms with Gasteiger partial charge in [-0.1, -0.05) is 0 Å². The van der Waals surface area contributed by atoms with Crippen molar-refractivity contribution in [2.45, 2.75) is 26.4 Å². The molecule has 5 nitrogen and oxygen atoms in total. The van der Waals surface area contributed by atoms with E-state index in [1.165, 1.54) is 11.3 Å². The molecule has 2 aromatic heterocycles. The van der Waals surface area contributed by atoms with Gasteiger partial charge < -0.3 is 14.8 Å². The number of carboxylic acid groups (broad SMARTS) is 1. The second-order valence-electron chi connectivity index (χ2n) is 3.91. The molecule has 0 bridgehead atoms. The normalized spacial score (nSPS) is 10.7. The molecule has 0 atom stereocenters. The molecule has 0 aromatic carbocycles. The van der Waals surface area contributed by atoms with Crippen molar-refractivity contribution in [2.24, 2.45) is 0 Å². The number of nitrogens with one attached hydrogen (secondary N) is 1. The van der Waals surface area contributed by atoms with E-state index in [1.807, 2.05) is 19.1 Å². The van der Waals surface area contributed by atoms with E-state index in [2.05, 4.69) is 10.3 Å². The van der Waals surface area contributed by atoms with Crippen LogP contribution in [0.1, 0.15) is 21.4 Å². The monoisotopic (exact) mass is 266 g/mol. The van der Waals surface area contributed by atoms with Gasteiger partial charge in [-0.15, -0.1) is 11.3 Å². The van der Waals surface area contributed by atoms with Crippen LogP contribution in [0, 0.1) is 6.92 Å². The Morgan fingerprint density at radius 1 is 1.44 bits per heavy atom. The molecule has 96 valence electrons. The maximum Gasteiger partial charge on any atom is 0.308 e. The molecule has 2 N–H and O–H groups in total. The van der Waals surface area contributed by atoms with Crippen LogP contribution in [0.5, 0.6) is 0 Å². The molecule has 2 aromatic rings. The second kappa shape index (κ2) is 5.79. The predicted octanol–water partition coefficient (Wildman–Crippen LogP) is 1.96. The van der Waals surface area contributed by atoms with Gasteiger partial charge in [0.25, 0.3) is 0 Å². The van der Waals surface area contributed by atoms with E-state index < -0.39 is 5.97 Å². The molecule has 6 heteroatoms. The van der Waals surface area contributed by atoms with Crippen LogP contribution in [0.4, 0.5) is 0 Å². The third-order valence-electron chi connectivity index (χ3n) is 2.29. The lowest BCUT2D eigenvalue weighted by atomic mass is 10.3. The number of hydrogen-bond donors (Lipinski definition) is 2. The summed E-state index contributed by atoms with van der Waals surface area (Å²) in [7, 11) is 0. The average molecular weight is 266 g/mol. The zero-order chi connectivity index (χ0) is 13.0. The molecule has 0 aliphatic rings. The summed E-state index contributed by atoms with van der Waals surface area (Å²) >= 11 is 1.51. The van der Waals surface area contributed by atoms with Gasteiger partial charge in [0.1, 0.15) is 5.76 Å². The Balaban J connectivity index is 1.79. The van der Waals surface area contributed by atoms with Crippen molar-refractivity contribution in [3.8, 4) is 0 Å². The minimum absolute atomic E-state index is 0.0869. The summed E-state index contributed by atoms with van der Waals surface area (Å²) in [6, 6.07) is 3.79. The van der Waals surface area contributed by atoms with Crippen molar-refractivity contribution in [3.63, 3.8) is 0 Å². The maximum absolute atomic E-state index is 10.5. The zero-order valence-corrected chi connectivity index (χ0v) is 10.8. The van der Waals surface area contributed by atoms with Crippen LogP contribution in [0.2, 0.25) is 0 Å². The molecular weight excluding hydrogens is 252 g/mol. The number of aryl methyl sites for hydroxylation is 1. The molecule has 0 spiro atoms. The lowest BCUT2D eigenvalue weighted by Gasteiger charge is -1.98. The Bertz CT molecular complexity index is 533. The number of thiophene rings is 1. The van der Waals surface area contributed by atoms with Gasteiger partial charge >= 0.3 is 5.97 Å². The molecule has 0 amide bonds.